The van der Waals surface area contributed by atoms with Crippen LogP contribution in [0.2, 0.25) is 0 Å². The highest BCUT2D eigenvalue weighted by atomic mass is 16.5. The number of nitrogens with zero attached hydrogens (tertiary/aromatic N) is 2. The van der Waals surface area contributed by atoms with Gasteiger partial charge in [0.05, 0.1) is 33.8 Å². The number of aryl methyl sites for hydroxylation is 1. The minimum absolute atomic E-state index is 0.317. The van der Waals surface area contributed by atoms with Crippen molar-refractivity contribution in [1.82, 2.24) is 15.0 Å². The maximum absolute atomic E-state index is 9.04. The zero-order valence-electron chi connectivity index (χ0n) is 16.0. The zero-order chi connectivity index (χ0) is 19.2. The first-order valence-electron chi connectivity index (χ1n) is 9.01. The van der Waals surface area contributed by atoms with Crippen molar-refractivity contribution in [1.29, 1.82) is 5.26 Å². The third-order valence-corrected chi connectivity index (χ3v) is 4.23. The topological polar surface area (TPSA) is 77.5 Å². The third-order valence-electron chi connectivity index (χ3n) is 4.23. The lowest BCUT2D eigenvalue weighted by Gasteiger charge is -2.11. The van der Waals surface area contributed by atoms with Gasteiger partial charge >= 0.3 is 0 Å². The molecule has 0 bridgehead atoms. The second-order valence-corrected chi connectivity index (χ2v) is 5.74. The molecule has 2 aromatic heterocycles. The van der Waals surface area contributed by atoms with Crippen molar-refractivity contribution < 1.29 is 8.85 Å². The Morgan fingerprint density at radius 3 is 3.08 bits per heavy atom. The van der Waals surface area contributed by atoms with Gasteiger partial charge in [-0.2, -0.15) is 5.26 Å². The third kappa shape index (κ3) is 2.20. The number of hydrogen-bond donors (Lipinski definition) is 2. The fourth-order valence-corrected chi connectivity index (χ4v) is 3.09. The molecule has 0 aliphatic heterocycles. The summed E-state index contributed by atoms with van der Waals surface area (Å²) in [6.07, 6.45) is 2.19. The molecule has 2 heterocycles. The maximum Gasteiger partial charge on any atom is 0.123 e. The molecule has 0 aliphatic carbocycles. The van der Waals surface area contributed by atoms with E-state index < -0.39 is 7.04 Å². The number of H-pyrrole nitrogens is 2. The van der Waals surface area contributed by atoms with Crippen LogP contribution in [0, 0.1) is 18.3 Å². The Labute approximate surface area is 143 Å². The minimum atomic E-state index is -2.54. The summed E-state index contributed by atoms with van der Waals surface area (Å²) >= 11 is 0. The predicted molar refractivity (Wildman–Crippen MR) is 93.2 cm³/mol. The lowest BCUT2D eigenvalue weighted by molar-refractivity contribution is 0.411. The summed E-state index contributed by atoms with van der Waals surface area (Å²) in [6, 6.07) is 11.0. The molecule has 118 valence electrons. The summed E-state index contributed by atoms with van der Waals surface area (Å²) in [6.45, 7) is 1.90. The van der Waals surface area contributed by atoms with Crippen LogP contribution in [-0.4, -0.2) is 22.0 Å². The van der Waals surface area contributed by atoms with E-state index in [-0.39, 0.29) is 0 Å². The number of benzene rings is 2. The summed E-state index contributed by atoms with van der Waals surface area (Å²) in [5.74, 6) is 0.986. The van der Waals surface area contributed by atoms with E-state index in [4.69, 9.17) is 14.1 Å². The maximum atomic E-state index is 9.04. The van der Waals surface area contributed by atoms with E-state index in [1.54, 1.807) is 18.2 Å². The molecule has 5 heteroatoms. The van der Waals surface area contributed by atoms with Crippen LogP contribution in [0.15, 0.2) is 36.5 Å². The van der Waals surface area contributed by atoms with Gasteiger partial charge in [0.2, 0.25) is 0 Å². The van der Waals surface area contributed by atoms with Crippen LogP contribution in [0.25, 0.3) is 21.9 Å². The highest BCUT2D eigenvalue weighted by Crippen LogP contribution is 2.32. The van der Waals surface area contributed by atoms with E-state index in [2.05, 4.69) is 21.0 Å². The lowest BCUT2D eigenvalue weighted by Crippen LogP contribution is -1.97. The molecule has 4 rings (SSSR count). The highest BCUT2D eigenvalue weighted by Gasteiger charge is 2.14. The molecule has 0 saturated carbocycles. The van der Waals surface area contributed by atoms with Crippen LogP contribution in [0.4, 0.5) is 0 Å². The summed E-state index contributed by atoms with van der Waals surface area (Å²) in [4.78, 5) is 11.0. The van der Waals surface area contributed by atoms with Crippen molar-refractivity contribution in [3.8, 4) is 11.8 Å². The molecule has 2 aromatic carbocycles. The highest BCUT2D eigenvalue weighted by molar-refractivity contribution is 5.88. The lowest BCUT2D eigenvalue weighted by atomic mass is 10.0. The number of methoxy groups -OCH3 is 1. The van der Waals surface area contributed by atoms with Crippen molar-refractivity contribution >= 4 is 21.9 Å². The molecule has 0 amide bonds. The van der Waals surface area contributed by atoms with E-state index in [0.717, 1.165) is 27.5 Å². The SMILES string of the molecule is [2H]C([2H])([2H])Oc1cc(C)c2[nH]ccc2c1Cc1nc2cc(C#N)ccc2[nH]1. The van der Waals surface area contributed by atoms with Gasteiger partial charge in [-0.05, 0) is 42.8 Å². The van der Waals surface area contributed by atoms with E-state index in [0.29, 0.717) is 29.1 Å². The van der Waals surface area contributed by atoms with Crippen LogP contribution in [0.3, 0.4) is 0 Å². The van der Waals surface area contributed by atoms with Crippen LogP contribution < -0.4 is 4.74 Å². The number of aromatic nitrogens is 3. The molecule has 0 atom stereocenters. The van der Waals surface area contributed by atoms with Gasteiger partial charge in [0.25, 0.3) is 0 Å². The second-order valence-electron chi connectivity index (χ2n) is 5.74. The molecule has 0 saturated heterocycles. The van der Waals surface area contributed by atoms with E-state index in [1.807, 2.05) is 25.3 Å². The largest absolute Gasteiger partial charge is 0.496 e. The fraction of sp³-hybridized carbons (Fsp3) is 0.158. The predicted octanol–water partition coefficient (Wildman–Crippen LogP) is 3.82. The van der Waals surface area contributed by atoms with E-state index in [9.17, 15) is 0 Å². The number of aromatic amines is 2. The summed E-state index contributed by atoms with van der Waals surface area (Å²) in [5, 5.41) is 9.94. The van der Waals surface area contributed by atoms with Crippen LogP contribution in [-0.2, 0) is 6.42 Å². The number of ether oxygens (including phenoxy) is 1. The standard InChI is InChI=1S/C19H16N4O/c1-11-7-17(24-2)14(13-5-6-21-19(11)13)9-18-22-15-4-3-12(10-20)8-16(15)23-18/h3-8,21H,9H2,1-2H3,(H,22,23)/i2D3. The van der Waals surface area contributed by atoms with Gasteiger partial charge in [-0.1, -0.05) is 0 Å². The molecule has 0 fully saturated rings. The second kappa shape index (κ2) is 5.43. The van der Waals surface area contributed by atoms with Gasteiger partial charge in [0.1, 0.15) is 11.6 Å². The first-order chi connectivity index (χ1) is 12.8. The van der Waals surface area contributed by atoms with Gasteiger partial charge in [-0.25, -0.2) is 4.98 Å². The van der Waals surface area contributed by atoms with E-state index >= 15 is 0 Å². The molecule has 5 nitrogen and oxygen atoms in total. The molecule has 0 unspecified atom stereocenters. The molecule has 24 heavy (non-hydrogen) atoms. The molecule has 0 radical (unpaired) electrons. The molecule has 4 aromatic rings. The number of imidazole rings is 1. The fourth-order valence-electron chi connectivity index (χ4n) is 3.09. The molecule has 2 N–H and O–H groups in total. The average Bonchev–Trinajstić information content (AvgIpc) is 3.23. The van der Waals surface area contributed by atoms with Crippen molar-refractivity contribution in [2.75, 3.05) is 7.04 Å². The Morgan fingerprint density at radius 2 is 2.25 bits per heavy atom. The Morgan fingerprint density at radius 1 is 1.33 bits per heavy atom. The Balaban J connectivity index is 1.83. The normalized spacial score (nSPS) is 13.4. The first kappa shape index (κ1) is 11.3. The van der Waals surface area contributed by atoms with Crippen molar-refractivity contribution in [2.45, 2.75) is 13.3 Å². The zero-order valence-corrected chi connectivity index (χ0v) is 13.0. The molecular formula is C19H16N4O. The Bertz CT molecular complexity index is 1200. The summed E-state index contributed by atoms with van der Waals surface area (Å²) in [7, 11) is -2.54. The van der Waals surface area contributed by atoms with Gasteiger partial charge in [-0.15, -0.1) is 0 Å². The number of hydrogen-bond acceptors (Lipinski definition) is 3. The van der Waals surface area contributed by atoms with E-state index in [1.165, 1.54) is 0 Å². The van der Waals surface area contributed by atoms with Crippen LogP contribution in [0.1, 0.15) is 26.6 Å². The van der Waals surface area contributed by atoms with Crippen molar-refractivity contribution in [3.05, 3.63) is 59.0 Å². The number of nitrogens with one attached hydrogen (secondary N) is 2. The first-order valence-corrected chi connectivity index (χ1v) is 7.51. The number of rotatable bonds is 3. The molecule has 0 aliphatic rings. The van der Waals surface area contributed by atoms with Gasteiger partial charge in [0.15, 0.2) is 0 Å². The minimum Gasteiger partial charge on any atom is -0.496 e. The number of nitriles is 1. The van der Waals surface area contributed by atoms with Crippen LogP contribution >= 0.6 is 0 Å². The molecule has 0 spiro atoms. The van der Waals surface area contributed by atoms with Crippen LogP contribution in [0.5, 0.6) is 5.75 Å². The Hall–Kier alpha value is -3.26. The average molecular weight is 319 g/mol. The molecular weight excluding hydrogens is 300 g/mol. The van der Waals surface area contributed by atoms with Gasteiger partial charge in [-0.3, -0.25) is 0 Å². The summed E-state index contributed by atoms with van der Waals surface area (Å²) < 4.78 is 27.7. The summed E-state index contributed by atoms with van der Waals surface area (Å²) in [5.41, 5.74) is 4.63. The van der Waals surface area contributed by atoms with Gasteiger partial charge < -0.3 is 14.7 Å². The Kier molecular flexibility index (Phi) is 2.56. The quantitative estimate of drug-likeness (QED) is 0.602. The van der Waals surface area contributed by atoms with Crippen molar-refractivity contribution in [2.24, 2.45) is 0 Å². The van der Waals surface area contributed by atoms with Crippen molar-refractivity contribution in [3.63, 3.8) is 0 Å². The van der Waals surface area contributed by atoms with Gasteiger partial charge in [0, 0.05) is 29.1 Å². The monoisotopic (exact) mass is 319 g/mol. The smallest absolute Gasteiger partial charge is 0.123 e. The number of fused-ring (bicyclic) bond motifs is 2.